The summed E-state index contributed by atoms with van der Waals surface area (Å²) >= 11 is 24.1. The van der Waals surface area contributed by atoms with Crippen molar-refractivity contribution in [2.45, 2.75) is 12.5 Å². The number of hydrogen-bond donors (Lipinski definition) is 2. The molecule has 0 radical (unpaired) electrons. The Kier molecular flexibility index (Phi) is 5.56. The molecule has 0 aliphatic carbocycles. The zero-order valence-corrected chi connectivity index (χ0v) is 13.4. The van der Waals surface area contributed by atoms with Gasteiger partial charge in [-0.1, -0.05) is 52.5 Å². The molecule has 0 fully saturated rings. The summed E-state index contributed by atoms with van der Waals surface area (Å²) in [6.07, 6.45) is 0.591. The summed E-state index contributed by atoms with van der Waals surface area (Å²) < 4.78 is 0. The molecule has 0 aromatic heterocycles. The first-order chi connectivity index (χ1) is 9.51. The first kappa shape index (κ1) is 15.9. The topological polar surface area (TPSA) is 38.0 Å². The third kappa shape index (κ3) is 3.79. The number of rotatable bonds is 4. The molecule has 0 bridgehead atoms. The molecule has 0 spiro atoms. The zero-order valence-electron chi connectivity index (χ0n) is 10.3. The van der Waals surface area contributed by atoms with Gasteiger partial charge >= 0.3 is 0 Å². The monoisotopic (exact) mass is 348 g/mol. The first-order valence-corrected chi connectivity index (χ1v) is 7.37. The first-order valence-electron chi connectivity index (χ1n) is 5.86. The maximum Gasteiger partial charge on any atom is 0.0595 e. The van der Waals surface area contributed by atoms with Crippen LogP contribution in [0.2, 0.25) is 20.1 Å². The molecular formula is C14H12Cl4N2. The van der Waals surface area contributed by atoms with Gasteiger partial charge in [0.1, 0.15) is 0 Å². The van der Waals surface area contributed by atoms with Gasteiger partial charge in [0.05, 0.1) is 16.1 Å². The van der Waals surface area contributed by atoms with Gasteiger partial charge in [-0.2, -0.15) is 0 Å². The number of nitrogens with one attached hydrogen (secondary N) is 1. The van der Waals surface area contributed by atoms with Crippen LogP contribution >= 0.6 is 46.4 Å². The Morgan fingerprint density at radius 2 is 1.60 bits per heavy atom. The number of benzene rings is 2. The minimum Gasteiger partial charge on any atom is -0.271 e. The predicted molar refractivity (Wildman–Crippen MR) is 86.7 cm³/mol. The average Bonchev–Trinajstić information content (AvgIpc) is 2.43. The number of nitrogens with two attached hydrogens (primary N) is 1. The molecule has 2 aromatic carbocycles. The van der Waals surface area contributed by atoms with Crippen molar-refractivity contribution in [3.63, 3.8) is 0 Å². The van der Waals surface area contributed by atoms with Crippen LogP contribution in [0.3, 0.4) is 0 Å². The van der Waals surface area contributed by atoms with Crippen LogP contribution in [-0.4, -0.2) is 0 Å². The molecule has 0 amide bonds. The van der Waals surface area contributed by atoms with E-state index in [1.807, 2.05) is 12.1 Å². The molecule has 20 heavy (non-hydrogen) atoms. The van der Waals surface area contributed by atoms with Crippen LogP contribution in [0.4, 0.5) is 0 Å². The Labute approximate surface area is 137 Å². The lowest BCUT2D eigenvalue weighted by molar-refractivity contribution is 0.552. The van der Waals surface area contributed by atoms with Crippen molar-refractivity contribution >= 4 is 46.4 Å². The Bertz CT molecular complexity index is 616. The summed E-state index contributed by atoms with van der Waals surface area (Å²) in [5.41, 5.74) is 4.60. The van der Waals surface area contributed by atoms with E-state index in [2.05, 4.69) is 5.43 Å². The van der Waals surface area contributed by atoms with Crippen LogP contribution in [0.1, 0.15) is 17.2 Å². The largest absolute Gasteiger partial charge is 0.271 e. The van der Waals surface area contributed by atoms with Crippen LogP contribution in [0.15, 0.2) is 36.4 Å². The normalized spacial score (nSPS) is 12.4. The second kappa shape index (κ2) is 6.99. The lowest BCUT2D eigenvalue weighted by Crippen LogP contribution is -2.29. The molecule has 1 unspecified atom stereocenters. The standard InChI is InChI=1S/C14H12Cl4N2/c15-10-2-4-11(16)9(5-10)7-14(20-19)8-1-3-12(17)13(18)6-8/h1-6,14,20H,7,19H2. The van der Waals surface area contributed by atoms with Crippen molar-refractivity contribution in [3.8, 4) is 0 Å². The molecule has 1 atom stereocenters. The molecule has 6 heteroatoms. The van der Waals surface area contributed by atoms with Gasteiger partial charge in [0.15, 0.2) is 0 Å². The van der Waals surface area contributed by atoms with E-state index in [1.165, 1.54) is 0 Å². The highest BCUT2D eigenvalue weighted by molar-refractivity contribution is 6.42. The van der Waals surface area contributed by atoms with Gasteiger partial charge < -0.3 is 0 Å². The molecule has 0 saturated heterocycles. The second-order valence-corrected chi connectivity index (χ2v) is 5.99. The minimum atomic E-state index is -0.138. The molecule has 0 aliphatic heterocycles. The molecule has 0 heterocycles. The van der Waals surface area contributed by atoms with E-state index in [1.54, 1.807) is 24.3 Å². The molecular weight excluding hydrogens is 338 g/mol. The van der Waals surface area contributed by atoms with Crippen LogP contribution in [0, 0.1) is 0 Å². The van der Waals surface area contributed by atoms with E-state index < -0.39 is 0 Å². The van der Waals surface area contributed by atoms with Crippen LogP contribution in [0.25, 0.3) is 0 Å². The lowest BCUT2D eigenvalue weighted by Gasteiger charge is -2.18. The number of hydrogen-bond acceptors (Lipinski definition) is 2. The SMILES string of the molecule is NNC(Cc1cc(Cl)ccc1Cl)c1ccc(Cl)c(Cl)c1. The van der Waals surface area contributed by atoms with E-state index >= 15 is 0 Å². The van der Waals surface area contributed by atoms with Crippen molar-refractivity contribution in [2.75, 3.05) is 0 Å². The van der Waals surface area contributed by atoms with E-state index in [-0.39, 0.29) is 6.04 Å². The highest BCUT2D eigenvalue weighted by Crippen LogP contribution is 2.29. The average molecular weight is 350 g/mol. The van der Waals surface area contributed by atoms with Gasteiger partial charge in [-0.15, -0.1) is 0 Å². The van der Waals surface area contributed by atoms with E-state index in [0.29, 0.717) is 26.5 Å². The Hall–Kier alpha value is -0.480. The van der Waals surface area contributed by atoms with Gasteiger partial charge in [0.25, 0.3) is 0 Å². The smallest absolute Gasteiger partial charge is 0.0595 e. The van der Waals surface area contributed by atoms with Crippen LogP contribution in [0.5, 0.6) is 0 Å². The quantitative estimate of drug-likeness (QED) is 0.598. The number of halogens is 4. The fourth-order valence-electron chi connectivity index (χ4n) is 1.92. The van der Waals surface area contributed by atoms with Gasteiger partial charge in [-0.05, 0) is 47.9 Å². The summed E-state index contributed by atoms with van der Waals surface area (Å²) in [5, 5.41) is 2.28. The molecule has 2 nitrogen and oxygen atoms in total. The fourth-order valence-corrected chi connectivity index (χ4v) is 2.62. The van der Waals surface area contributed by atoms with Crippen LogP contribution in [-0.2, 0) is 6.42 Å². The van der Waals surface area contributed by atoms with E-state index in [9.17, 15) is 0 Å². The zero-order chi connectivity index (χ0) is 14.7. The van der Waals surface area contributed by atoms with Gasteiger partial charge in [0, 0.05) is 10.0 Å². The Balaban J connectivity index is 2.28. The molecule has 2 aromatic rings. The maximum absolute atomic E-state index is 6.17. The van der Waals surface area contributed by atoms with Crippen molar-refractivity contribution in [1.82, 2.24) is 5.43 Å². The van der Waals surface area contributed by atoms with Gasteiger partial charge in [0.2, 0.25) is 0 Å². The molecule has 3 N–H and O–H groups in total. The molecule has 0 aliphatic rings. The van der Waals surface area contributed by atoms with Crippen molar-refractivity contribution < 1.29 is 0 Å². The summed E-state index contributed by atoms with van der Waals surface area (Å²) in [4.78, 5) is 0. The van der Waals surface area contributed by atoms with Crippen LogP contribution < -0.4 is 11.3 Å². The third-order valence-corrected chi connectivity index (χ3v) is 4.32. The summed E-state index contributed by atoms with van der Waals surface area (Å²) in [6.45, 7) is 0. The minimum absolute atomic E-state index is 0.138. The fraction of sp³-hybridized carbons (Fsp3) is 0.143. The van der Waals surface area contributed by atoms with Crippen molar-refractivity contribution in [3.05, 3.63) is 67.6 Å². The Morgan fingerprint density at radius 3 is 2.25 bits per heavy atom. The van der Waals surface area contributed by atoms with Crippen molar-refractivity contribution in [2.24, 2.45) is 5.84 Å². The van der Waals surface area contributed by atoms with Crippen molar-refractivity contribution in [1.29, 1.82) is 0 Å². The van der Waals surface area contributed by atoms with Gasteiger partial charge in [-0.3, -0.25) is 11.3 Å². The predicted octanol–water partition coefficient (Wildman–Crippen LogP) is 5.05. The third-order valence-electron chi connectivity index (χ3n) is 2.98. The van der Waals surface area contributed by atoms with E-state index in [4.69, 9.17) is 52.2 Å². The molecule has 0 saturated carbocycles. The lowest BCUT2D eigenvalue weighted by atomic mass is 9.99. The Morgan fingerprint density at radius 1 is 0.900 bits per heavy atom. The van der Waals surface area contributed by atoms with E-state index in [0.717, 1.165) is 11.1 Å². The summed E-state index contributed by atoms with van der Waals surface area (Å²) in [5.74, 6) is 5.63. The number of hydrazine groups is 1. The maximum atomic E-state index is 6.17. The van der Waals surface area contributed by atoms with Gasteiger partial charge in [-0.25, -0.2) is 0 Å². The molecule has 2 rings (SSSR count). The summed E-state index contributed by atoms with van der Waals surface area (Å²) in [7, 11) is 0. The highest BCUT2D eigenvalue weighted by atomic mass is 35.5. The molecule has 106 valence electrons. The highest BCUT2D eigenvalue weighted by Gasteiger charge is 2.14. The second-order valence-electron chi connectivity index (χ2n) is 4.33. The summed E-state index contributed by atoms with van der Waals surface area (Å²) in [6, 6.07) is 10.6.